The number of ether oxygens (including phenoxy) is 2. The third-order valence-corrected chi connectivity index (χ3v) is 6.54. The Labute approximate surface area is 199 Å². The molecule has 0 unspecified atom stereocenters. The Morgan fingerprint density at radius 1 is 1.06 bits per heavy atom. The van der Waals surface area contributed by atoms with Crippen LogP contribution in [0.25, 0.3) is 6.08 Å². The predicted molar refractivity (Wildman–Crippen MR) is 134 cm³/mol. The number of nitrogens with zero attached hydrogens (tertiary/aromatic N) is 1. The topological polar surface area (TPSA) is 38.8 Å². The van der Waals surface area contributed by atoms with Crippen LogP contribution in [0, 0.1) is 0 Å². The first-order chi connectivity index (χ1) is 15.0. The van der Waals surface area contributed by atoms with Crippen molar-refractivity contribution < 1.29 is 14.3 Å². The highest BCUT2D eigenvalue weighted by molar-refractivity contribution is 9.10. The van der Waals surface area contributed by atoms with E-state index in [2.05, 4.69) is 15.9 Å². The molecule has 1 aliphatic heterocycles. The zero-order valence-electron chi connectivity index (χ0n) is 16.6. The molecule has 1 fully saturated rings. The number of halogens is 1. The average Bonchev–Trinajstić information content (AvgIpc) is 3.06. The summed E-state index contributed by atoms with van der Waals surface area (Å²) in [6, 6.07) is 23.0. The number of carbonyl (C=O) groups is 1. The van der Waals surface area contributed by atoms with Gasteiger partial charge in [-0.25, -0.2) is 0 Å². The minimum atomic E-state index is -0.138. The number of thiocarbonyl (C=S) groups is 1. The Hall–Kier alpha value is -2.61. The average molecular weight is 512 g/mol. The molecular weight excluding hydrogens is 494 g/mol. The molecule has 156 valence electrons. The van der Waals surface area contributed by atoms with Crippen LogP contribution in [-0.4, -0.2) is 17.3 Å². The monoisotopic (exact) mass is 511 g/mol. The second-order valence-corrected chi connectivity index (χ2v) is 9.21. The van der Waals surface area contributed by atoms with Crippen molar-refractivity contribution in [1.29, 1.82) is 0 Å². The first-order valence-corrected chi connectivity index (χ1v) is 11.5. The van der Waals surface area contributed by atoms with Gasteiger partial charge in [0.25, 0.3) is 5.91 Å². The van der Waals surface area contributed by atoms with Crippen LogP contribution in [-0.2, 0) is 11.4 Å². The molecule has 3 aromatic carbocycles. The zero-order valence-corrected chi connectivity index (χ0v) is 19.8. The maximum absolute atomic E-state index is 13.0. The molecule has 1 amide bonds. The van der Waals surface area contributed by atoms with Crippen LogP contribution in [0.1, 0.15) is 11.1 Å². The van der Waals surface area contributed by atoms with E-state index >= 15 is 0 Å². The number of rotatable bonds is 6. The highest BCUT2D eigenvalue weighted by Crippen LogP contribution is 2.37. The van der Waals surface area contributed by atoms with E-state index in [1.807, 2.05) is 78.9 Å². The molecule has 4 nitrogen and oxygen atoms in total. The maximum Gasteiger partial charge on any atom is 0.270 e. The van der Waals surface area contributed by atoms with Gasteiger partial charge in [0.05, 0.1) is 22.2 Å². The lowest BCUT2D eigenvalue weighted by molar-refractivity contribution is -0.113. The fraction of sp³-hybridized carbons (Fsp3) is 0.0833. The van der Waals surface area contributed by atoms with Crippen molar-refractivity contribution in [3.8, 4) is 11.5 Å². The third kappa shape index (κ3) is 5.01. The van der Waals surface area contributed by atoms with Crippen molar-refractivity contribution >= 4 is 61.9 Å². The Morgan fingerprint density at radius 3 is 2.48 bits per heavy atom. The smallest absolute Gasteiger partial charge is 0.270 e. The maximum atomic E-state index is 13.0. The molecule has 0 aromatic heterocycles. The molecule has 0 bridgehead atoms. The van der Waals surface area contributed by atoms with E-state index < -0.39 is 0 Å². The quantitative estimate of drug-likeness (QED) is 0.281. The molecule has 0 N–H and O–H groups in total. The van der Waals surface area contributed by atoms with Crippen molar-refractivity contribution in [3.63, 3.8) is 0 Å². The molecule has 4 rings (SSSR count). The highest BCUT2D eigenvalue weighted by atomic mass is 79.9. The molecule has 0 aliphatic carbocycles. The number of carbonyl (C=O) groups excluding carboxylic acids is 1. The van der Waals surface area contributed by atoms with E-state index in [1.54, 1.807) is 7.11 Å². The van der Waals surface area contributed by atoms with E-state index in [0.717, 1.165) is 32.8 Å². The summed E-state index contributed by atoms with van der Waals surface area (Å²) in [5.74, 6) is 1.33. The largest absolute Gasteiger partial charge is 0.497 e. The van der Waals surface area contributed by atoms with Crippen molar-refractivity contribution in [3.05, 3.63) is 93.3 Å². The summed E-state index contributed by atoms with van der Waals surface area (Å²) in [6.45, 7) is 0.485. The molecule has 1 saturated heterocycles. The Balaban J connectivity index is 1.49. The number of anilines is 1. The number of benzene rings is 3. The van der Waals surface area contributed by atoms with Gasteiger partial charge in [0.15, 0.2) is 4.32 Å². The van der Waals surface area contributed by atoms with Crippen LogP contribution in [0.15, 0.2) is 82.2 Å². The number of hydrogen-bond acceptors (Lipinski definition) is 5. The molecular formula is C24H18BrNO3S2. The minimum Gasteiger partial charge on any atom is -0.497 e. The molecule has 0 atom stereocenters. The Bertz CT molecular complexity index is 1150. The standard InChI is InChI=1S/C24H18BrNO3S2/c1-28-19-10-8-18(9-11-19)26-23(27)22(31-24(26)30)14-17-7-12-21(20(25)13-17)29-15-16-5-3-2-4-6-16/h2-14H,15H2,1H3/b22-14-. The fourth-order valence-corrected chi connectivity index (χ4v) is 4.84. The van der Waals surface area contributed by atoms with Crippen LogP contribution < -0.4 is 14.4 Å². The van der Waals surface area contributed by atoms with Crippen molar-refractivity contribution in [1.82, 2.24) is 0 Å². The van der Waals surface area contributed by atoms with E-state index in [0.29, 0.717) is 15.8 Å². The second kappa shape index (κ2) is 9.68. The summed E-state index contributed by atoms with van der Waals surface area (Å²) in [4.78, 5) is 15.1. The lowest BCUT2D eigenvalue weighted by Gasteiger charge is -2.14. The summed E-state index contributed by atoms with van der Waals surface area (Å²) < 4.78 is 12.4. The first-order valence-electron chi connectivity index (χ1n) is 9.43. The van der Waals surface area contributed by atoms with Crippen LogP contribution in [0.3, 0.4) is 0 Å². The summed E-state index contributed by atoms with van der Waals surface area (Å²) in [5.41, 5.74) is 2.70. The van der Waals surface area contributed by atoms with Crippen molar-refractivity contribution in [2.45, 2.75) is 6.61 Å². The highest BCUT2D eigenvalue weighted by Gasteiger charge is 2.33. The molecule has 31 heavy (non-hydrogen) atoms. The molecule has 7 heteroatoms. The molecule has 0 radical (unpaired) electrons. The van der Waals surface area contributed by atoms with E-state index in [-0.39, 0.29) is 5.91 Å². The normalized spacial score (nSPS) is 14.9. The van der Waals surface area contributed by atoms with E-state index in [9.17, 15) is 4.79 Å². The van der Waals surface area contributed by atoms with Gasteiger partial charge in [-0.15, -0.1) is 0 Å². The van der Waals surface area contributed by atoms with Crippen LogP contribution >= 0.6 is 39.9 Å². The van der Waals surface area contributed by atoms with Gasteiger partial charge in [0.2, 0.25) is 0 Å². The molecule has 0 saturated carbocycles. The molecule has 3 aromatic rings. The van der Waals surface area contributed by atoms with E-state index in [4.69, 9.17) is 21.7 Å². The number of methoxy groups -OCH3 is 1. The molecule has 1 aliphatic rings. The Kier molecular flexibility index (Phi) is 6.75. The van der Waals surface area contributed by atoms with Crippen molar-refractivity contribution in [2.75, 3.05) is 12.0 Å². The van der Waals surface area contributed by atoms with Crippen LogP contribution in [0.2, 0.25) is 0 Å². The van der Waals surface area contributed by atoms with Crippen molar-refractivity contribution in [2.24, 2.45) is 0 Å². The van der Waals surface area contributed by atoms with Gasteiger partial charge in [0.1, 0.15) is 18.1 Å². The van der Waals surface area contributed by atoms with E-state index in [1.165, 1.54) is 16.7 Å². The first kappa shape index (κ1) is 21.6. The zero-order chi connectivity index (χ0) is 21.8. The van der Waals surface area contributed by atoms with Gasteiger partial charge < -0.3 is 9.47 Å². The van der Waals surface area contributed by atoms with Gasteiger partial charge in [-0.1, -0.05) is 60.4 Å². The summed E-state index contributed by atoms with van der Waals surface area (Å²) in [6.07, 6.45) is 1.84. The number of hydrogen-bond donors (Lipinski definition) is 0. The fourth-order valence-electron chi connectivity index (χ4n) is 3.03. The summed E-state index contributed by atoms with van der Waals surface area (Å²) in [7, 11) is 1.60. The number of amides is 1. The van der Waals surface area contributed by atoms with Crippen LogP contribution in [0.4, 0.5) is 5.69 Å². The SMILES string of the molecule is COc1ccc(N2C(=O)/C(=C/c3ccc(OCc4ccccc4)c(Br)c3)SC2=S)cc1. The molecule has 0 spiro atoms. The summed E-state index contributed by atoms with van der Waals surface area (Å²) in [5, 5.41) is 0. The minimum absolute atomic E-state index is 0.138. The second-order valence-electron chi connectivity index (χ2n) is 6.68. The predicted octanol–water partition coefficient (Wildman–Crippen LogP) is 6.44. The number of thioether (sulfide) groups is 1. The van der Waals surface area contributed by atoms with Crippen LogP contribution in [0.5, 0.6) is 11.5 Å². The van der Waals surface area contributed by atoms with Gasteiger partial charge in [-0.05, 0) is 69.5 Å². The van der Waals surface area contributed by atoms with Gasteiger partial charge in [-0.3, -0.25) is 9.69 Å². The van der Waals surface area contributed by atoms with Gasteiger partial charge in [0, 0.05) is 0 Å². The Morgan fingerprint density at radius 2 is 1.81 bits per heavy atom. The molecule has 1 heterocycles. The van der Waals surface area contributed by atoms with Gasteiger partial charge >= 0.3 is 0 Å². The summed E-state index contributed by atoms with van der Waals surface area (Å²) >= 11 is 10.3. The van der Waals surface area contributed by atoms with Gasteiger partial charge in [-0.2, -0.15) is 0 Å². The lowest BCUT2D eigenvalue weighted by Crippen LogP contribution is -2.27. The third-order valence-electron chi connectivity index (χ3n) is 4.62. The lowest BCUT2D eigenvalue weighted by atomic mass is 10.2.